The van der Waals surface area contributed by atoms with Gasteiger partial charge >= 0.3 is 0 Å². The fraction of sp³-hybridized carbons (Fsp3) is 0.273. The van der Waals surface area contributed by atoms with Crippen LogP contribution in [-0.4, -0.2) is 15.0 Å². The van der Waals surface area contributed by atoms with E-state index in [-0.39, 0.29) is 0 Å². The molecule has 0 aliphatic carbocycles. The van der Waals surface area contributed by atoms with Crippen LogP contribution in [-0.2, 0) is 14.6 Å². The molecule has 4 heteroatoms. The Kier molecular flexibility index (Phi) is 2.77. The van der Waals surface area contributed by atoms with Gasteiger partial charge in [0.15, 0.2) is 0 Å². The first-order chi connectivity index (χ1) is 7.18. The smallest absolute Gasteiger partial charge is 0.203 e. The van der Waals surface area contributed by atoms with E-state index >= 15 is 0 Å². The van der Waals surface area contributed by atoms with Gasteiger partial charge in [0, 0.05) is 6.42 Å². The van der Waals surface area contributed by atoms with Crippen molar-refractivity contribution < 1.29 is 13.2 Å². The van der Waals surface area contributed by atoms with Crippen molar-refractivity contribution in [3.63, 3.8) is 0 Å². The van der Waals surface area contributed by atoms with Crippen LogP contribution in [0, 0.1) is 0 Å². The topological polar surface area (TPSA) is 43.4 Å². The molecule has 15 heavy (non-hydrogen) atoms. The van der Waals surface area contributed by atoms with E-state index in [4.69, 9.17) is 4.74 Å². The molecule has 1 aliphatic heterocycles. The fourth-order valence-corrected chi connectivity index (χ4v) is 2.67. The van der Waals surface area contributed by atoms with E-state index in [1.165, 1.54) is 5.41 Å². The molecule has 0 bridgehead atoms. The second-order valence-electron chi connectivity index (χ2n) is 3.39. The molecule has 0 amide bonds. The maximum Gasteiger partial charge on any atom is 0.203 e. The Morgan fingerprint density at radius 1 is 1.20 bits per heavy atom. The second-order valence-corrected chi connectivity index (χ2v) is 5.19. The van der Waals surface area contributed by atoms with Gasteiger partial charge in [0.25, 0.3) is 0 Å². The van der Waals surface area contributed by atoms with Crippen LogP contribution in [0.5, 0.6) is 0 Å². The summed E-state index contributed by atoms with van der Waals surface area (Å²) in [6.45, 7) is 0.621. The second kappa shape index (κ2) is 4.06. The number of ether oxygens (including phenoxy) is 1. The first-order valence-corrected chi connectivity index (χ1v) is 6.37. The van der Waals surface area contributed by atoms with Crippen LogP contribution in [0.3, 0.4) is 0 Å². The zero-order chi connectivity index (χ0) is 10.7. The first kappa shape index (κ1) is 10.2. The predicted octanol–water partition coefficient (Wildman–Crippen LogP) is 2.11. The number of rotatable bonds is 2. The van der Waals surface area contributed by atoms with Crippen molar-refractivity contribution >= 4 is 9.84 Å². The monoisotopic (exact) mass is 224 g/mol. The summed E-state index contributed by atoms with van der Waals surface area (Å²) < 4.78 is 28.9. The molecule has 1 aromatic carbocycles. The third-order valence-corrected chi connectivity index (χ3v) is 3.72. The van der Waals surface area contributed by atoms with E-state index in [0.717, 1.165) is 6.42 Å². The van der Waals surface area contributed by atoms with Crippen molar-refractivity contribution in [1.82, 2.24) is 0 Å². The largest absolute Gasteiger partial charge is 0.497 e. The van der Waals surface area contributed by atoms with Gasteiger partial charge in [-0.25, -0.2) is 8.42 Å². The van der Waals surface area contributed by atoms with Gasteiger partial charge in [-0.2, -0.15) is 0 Å². The lowest BCUT2D eigenvalue weighted by molar-refractivity contribution is 0.264. The van der Waals surface area contributed by atoms with Gasteiger partial charge < -0.3 is 4.74 Å². The number of sulfone groups is 1. The van der Waals surface area contributed by atoms with Crippen molar-refractivity contribution in [3.8, 4) is 0 Å². The van der Waals surface area contributed by atoms with E-state index < -0.39 is 9.84 Å². The van der Waals surface area contributed by atoms with Crippen molar-refractivity contribution in [3.05, 3.63) is 41.5 Å². The minimum Gasteiger partial charge on any atom is -0.497 e. The molecule has 1 aliphatic rings. The highest BCUT2D eigenvalue weighted by atomic mass is 32.2. The van der Waals surface area contributed by atoms with Crippen LogP contribution < -0.4 is 0 Å². The molecule has 3 nitrogen and oxygen atoms in total. The van der Waals surface area contributed by atoms with Crippen molar-refractivity contribution in [1.29, 1.82) is 0 Å². The summed E-state index contributed by atoms with van der Waals surface area (Å²) in [5.41, 5.74) is 0. The zero-order valence-corrected chi connectivity index (χ0v) is 9.03. The number of benzene rings is 1. The van der Waals surface area contributed by atoms with Crippen LogP contribution in [0.4, 0.5) is 0 Å². The van der Waals surface area contributed by atoms with Gasteiger partial charge in [-0.15, -0.1) is 0 Å². The van der Waals surface area contributed by atoms with E-state index in [1.54, 1.807) is 30.3 Å². The Labute approximate surface area is 89.3 Å². The van der Waals surface area contributed by atoms with Crippen LogP contribution in [0.2, 0.25) is 0 Å². The standard InChI is InChI=1S/C11H12O3S/c12-15(13,9-10-5-4-8-14-10)11-6-2-1-3-7-11/h1-3,6-7,9H,4-5,8H2. The average Bonchev–Trinajstić information content (AvgIpc) is 2.71. The van der Waals surface area contributed by atoms with E-state index in [9.17, 15) is 8.42 Å². The van der Waals surface area contributed by atoms with Crippen LogP contribution in [0.15, 0.2) is 46.4 Å². The summed E-state index contributed by atoms with van der Waals surface area (Å²) in [6, 6.07) is 8.38. The Morgan fingerprint density at radius 2 is 1.93 bits per heavy atom. The van der Waals surface area contributed by atoms with Gasteiger partial charge in [-0.3, -0.25) is 0 Å². The maximum atomic E-state index is 11.8. The molecule has 1 saturated heterocycles. The molecule has 0 aromatic heterocycles. The van der Waals surface area contributed by atoms with Crippen molar-refractivity contribution in [2.75, 3.05) is 6.61 Å². The summed E-state index contributed by atoms with van der Waals surface area (Å²) in [7, 11) is -3.33. The normalized spacial score (nSPS) is 19.1. The van der Waals surface area contributed by atoms with Crippen molar-refractivity contribution in [2.45, 2.75) is 17.7 Å². The summed E-state index contributed by atoms with van der Waals surface area (Å²) in [6.07, 6.45) is 1.61. The van der Waals surface area contributed by atoms with Gasteiger partial charge in [0.05, 0.1) is 16.9 Å². The molecule has 0 atom stereocenters. The summed E-state index contributed by atoms with van der Waals surface area (Å²) >= 11 is 0. The average molecular weight is 224 g/mol. The molecule has 0 spiro atoms. The van der Waals surface area contributed by atoms with E-state index in [1.807, 2.05) is 0 Å². The van der Waals surface area contributed by atoms with Crippen LogP contribution in [0.25, 0.3) is 0 Å². The fourth-order valence-electron chi connectivity index (χ4n) is 1.47. The Balaban J connectivity index is 2.32. The minimum atomic E-state index is -3.33. The molecule has 2 rings (SSSR count). The van der Waals surface area contributed by atoms with Crippen LogP contribution >= 0.6 is 0 Å². The molecule has 1 heterocycles. The molecule has 1 fully saturated rings. The minimum absolute atomic E-state index is 0.313. The third kappa shape index (κ3) is 2.39. The quantitative estimate of drug-likeness (QED) is 0.772. The Bertz CT molecular complexity index is 452. The molecule has 80 valence electrons. The maximum absolute atomic E-state index is 11.8. The molecular weight excluding hydrogens is 212 g/mol. The van der Waals surface area contributed by atoms with Gasteiger partial charge in [-0.05, 0) is 18.6 Å². The lowest BCUT2D eigenvalue weighted by Crippen LogP contribution is -1.97. The summed E-state index contributed by atoms with van der Waals surface area (Å²) in [5.74, 6) is 0.568. The zero-order valence-electron chi connectivity index (χ0n) is 8.22. The number of hydrogen-bond acceptors (Lipinski definition) is 3. The highest BCUT2D eigenvalue weighted by Crippen LogP contribution is 2.20. The lowest BCUT2D eigenvalue weighted by atomic mass is 10.3. The van der Waals surface area contributed by atoms with Gasteiger partial charge in [0.1, 0.15) is 5.76 Å². The summed E-state index contributed by atoms with van der Waals surface area (Å²) in [5, 5.41) is 1.23. The molecule has 0 saturated carbocycles. The Morgan fingerprint density at radius 3 is 2.53 bits per heavy atom. The number of allylic oxidation sites excluding steroid dienone is 1. The predicted molar refractivity (Wildman–Crippen MR) is 56.9 cm³/mol. The van der Waals surface area contributed by atoms with Crippen LogP contribution in [0.1, 0.15) is 12.8 Å². The van der Waals surface area contributed by atoms with E-state index in [2.05, 4.69) is 0 Å². The molecule has 1 aromatic rings. The highest BCUT2D eigenvalue weighted by molar-refractivity contribution is 7.94. The van der Waals surface area contributed by atoms with Gasteiger partial charge in [-0.1, -0.05) is 18.2 Å². The molecule has 0 radical (unpaired) electrons. The molecule has 0 N–H and O–H groups in total. The van der Waals surface area contributed by atoms with E-state index in [0.29, 0.717) is 23.7 Å². The first-order valence-electron chi connectivity index (χ1n) is 4.82. The molecular formula is C11H12O3S. The SMILES string of the molecule is O=S(=O)(C=C1CCCO1)c1ccccc1. The lowest BCUT2D eigenvalue weighted by Gasteiger charge is -2.00. The number of hydrogen-bond donors (Lipinski definition) is 0. The summed E-state index contributed by atoms with van der Waals surface area (Å²) in [4.78, 5) is 0.313. The Hall–Kier alpha value is -1.29. The highest BCUT2D eigenvalue weighted by Gasteiger charge is 2.15. The third-order valence-electron chi connectivity index (χ3n) is 2.21. The van der Waals surface area contributed by atoms with Gasteiger partial charge in [0.2, 0.25) is 9.84 Å². The van der Waals surface area contributed by atoms with Crippen molar-refractivity contribution in [2.24, 2.45) is 0 Å². The molecule has 0 unspecified atom stereocenters.